The Balaban J connectivity index is 2.40. The molecule has 2 rings (SSSR count). The molecule has 2 aromatic carbocycles. The molecule has 0 saturated carbocycles. The van der Waals surface area contributed by atoms with E-state index in [0.29, 0.717) is 24.2 Å². The highest BCUT2D eigenvalue weighted by Crippen LogP contribution is 2.22. The summed E-state index contributed by atoms with van der Waals surface area (Å²) >= 11 is 3.31. The van der Waals surface area contributed by atoms with E-state index in [1.807, 2.05) is 0 Å². The molecule has 0 spiro atoms. The molecule has 1 unspecified atom stereocenters. The molecule has 0 heterocycles. The van der Waals surface area contributed by atoms with E-state index in [2.05, 4.69) is 21.2 Å². The van der Waals surface area contributed by atoms with E-state index in [0.717, 1.165) is 15.0 Å². The summed E-state index contributed by atoms with van der Waals surface area (Å²) in [6.45, 7) is 3.50. The summed E-state index contributed by atoms with van der Waals surface area (Å²) in [6, 6.07) is 11.3. The molecule has 1 atom stereocenters. The minimum absolute atomic E-state index is 0.0344. The average Bonchev–Trinajstić information content (AvgIpc) is 2.73. The molecular formula is C22H27BrFN3O4S. The zero-order valence-electron chi connectivity index (χ0n) is 18.2. The van der Waals surface area contributed by atoms with Crippen LogP contribution in [0.1, 0.15) is 25.8 Å². The van der Waals surface area contributed by atoms with E-state index >= 15 is 0 Å². The van der Waals surface area contributed by atoms with Gasteiger partial charge < -0.3 is 10.2 Å². The number of nitrogens with one attached hydrogen (secondary N) is 1. The number of nitrogens with zero attached hydrogens (tertiary/aromatic N) is 2. The standard InChI is InChI=1S/C22H27BrFN3O4S/c1-4-20(22(29)25-5-2)26(14-16-6-10-18(24)11-7-16)21(28)15-27(32(3,30)31)19-12-8-17(23)9-13-19/h6-13,20H,4-5,14-15H2,1-3H3,(H,25,29). The van der Waals surface area contributed by atoms with Crippen LogP contribution in [0.2, 0.25) is 0 Å². The lowest BCUT2D eigenvalue weighted by Crippen LogP contribution is -2.52. The van der Waals surface area contributed by atoms with Crippen molar-refractivity contribution in [2.45, 2.75) is 32.9 Å². The number of carbonyl (C=O) groups excluding carboxylic acids is 2. The van der Waals surface area contributed by atoms with Gasteiger partial charge in [-0.1, -0.05) is 35.0 Å². The first-order valence-corrected chi connectivity index (χ1v) is 12.8. The van der Waals surface area contributed by atoms with Crippen LogP contribution in [-0.4, -0.2) is 50.5 Å². The third-order valence-electron chi connectivity index (χ3n) is 4.80. The number of anilines is 1. The molecule has 2 amide bonds. The maximum atomic E-state index is 13.4. The molecule has 174 valence electrons. The zero-order valence-corrected chi connectivity index (χ0v) is 20.6. The van der Waals surface area contributed by atoms with E-state index < -0.39 is 34.3 Å². The summed E-state index contributed by atoms with van der Waals surface area (Å²) in [6.07, 6.45) is 1.35. The van der Waals surface area contributed by atoms with Crippen LogP contribution in [0.25, 0.3) is 0 Å². The summed E-state index contributed by atoms with van der Waals surface area (Å²) in [5, 5.41) is 2.72. The molecule has 10 heteroatoms. The number of sulfonamides is 1. The Bertz CT molecular complexity index is 1030. The summed E-state index contributed by atoms with van der Waals surface area (Å²) in [5.74, 6) is -1.29. The third kappa shape index (κ3) is 7.03. The highest BCUT2D eigenvalue weighted by Gasteiger charge is 2.31. The van der Waals surface area contributed by atoms with E-state index in [1.54, 1.807) is 38.1 Å². The lowest BCUT2D eigenvalue weighted by Gasteiger charge is -2.32. The highest BCUT2D eigenvalue weighted by molar-refractivity contribution is 9.10. The second-order valence-corrected chi connectivity index (χ2v) is 10.0. The van der Waals surface area contributed by atoms with Crippen molar-refractivity contribution in [3.05, 3.63) is 64.4 Å². The van der Waals surface area contributed by atoms with Gasteiger partial charge in [0.15, 0.2) is 0 Å². The van der Waals surface area contributed by atoms with E-state index in [4.69, 9.17) is 0 Å². The largest absolute Gasteiger partial charge is 0.355 e. The number of halogens is 2. The van der Waals surface area contributed by atoms with Gasteiger partial charge in [-0.15, -0.1) is 0 Å². The number of rotatable bonds is 10. The van der Waals surface area contributed by atoms with Gasteiger partial charge in [-0.3, -0.25) is 13.9 Å². The van der Waals surface area contributed by atoms with Crippen molar-refractivity contribution in [3.63, 3.8) is 0 Å². The van der Waals surface area contributed by atoms with Crippen molar-refractivity contribution in [2.24, 2.45) is 0 Å². The molecule has 0 aliphatic rings. The molecule has 7 nitrogen and oxygen atoms in total. The molecule has 0 aliphatic heterocycles. The average molecular weight is 528 g/mol. The number of hydrogen-bond acceptors (Lipinski definition) is 4. The van der Waals surface area contributed by atoms with Gasteiger partial charge >= 0.3 is 0 Å². The maximum Gasteiger partial charge on any atom is 0.244 e. The second kappa shape index (κ2) is 11.4. The number of benzene rings is 2. The van der Waals surface area contributed by atoms with Crippen molar-refractivity contribution in [3.8, 4) is 0 Å². The number of likely N-dealkylation sites (N-methyl/N-ethyl adjacent to an activating group) is 1. The SMILES string of the molecule is CCNC(=O)C(CC)N(Cc1ccc(F)cc1)C(=O)CN(c1ccc(Br)cc1)S(C)(=O)=O. The van der Waals surface area contributed by atoms with Crippen LogP contribution in [0.15, 0.2) is 53.0 Å². The van der Waals surface area contributed by atoms with Crippen molar-refractivity contribution in [1.29, 1.82) is 0 Å². The van der Waals surface area contributed by atoms with Crippen molar-refractivity contribution >= 4 is 43.5 Å². The Kier molecular flexibility index (Phi) is 9.21. The first kappa shape index (κ1) is 25.8. The van der Waals surface area contributed by atoms with Gasteiger partial charge in [0.25, 0.3) is 0 Å². The molecule has 0 fully saturated rings. The molecule has 1 N–H and O–H groups in total. The van der Waals surface area contributed by atoms with Gasteiger partial charge in [-0.05, 0) is 55.3 Å². The van der Waals surface area contributed by atoms with Crippen LogP contribution in [0.5, 0.6) is 0 Å². The van der Waals surface area contributed by atoms with Crippen molar-refractivity contribution in [1.82, 2.24) is 10.2 Å². The van der Waals surface area contributed by atoms with Crippen molar-refractivity contribution < 1.29 is 22.4 Å². The highest BCUT2D eigenvalue weighted by atomic mass is 79.9. The van der Waals surface area contributed by atoms with Gasteiger partial charge in [-0.25, -0.2) is 12.8 Å². The Morgan fingerprint density at radius 2 is 1.66 bits per heavy atom. The topological polar surface area (TPSA) is 86.8 Å². The minimum Gasteiger partial charge on any atom is -0.355 e. The van der Waals surface area contributed by atoms with Gasteiger partial charge in [0.1, 0.15) is 18.4 Å². The second-order valence-electron chi connectivity index (χ2n) is 7.21. The molecular weight excluding hydrogens is 501 g/mol. The van der Waals surface area contributed by atoms with E-state index in [9.17, 15) is 22.4 Å². The molecule has 0 bridgehead atoms. The van der Waals surface area contributed by atoms with Gasteiger partial charge in [0, 0.05) is 17.6 Å². The fourth-order valence-corrected chi connectivity index (χ4v) is 4.33. The lowest BCUT2D eigenvalue weighted by atomic mass is 10.1. The van der Waals surface area contributed by atoms with Gasteiger partial charge in [0.2, 0.25) is 21.8 Å². The molecule has 0 saturated heterocycles. The number of amides is 2. The van der Waals surface area contributed by atoms with E-state index in [-0.39, 0.29) is 12.5 Å². The smallest absolute Gasteiger partial charge is 0.244 e. The predicted molar refractivity (Wildman–Crippen MR) is 126 cm³/mol. The first-order chi connectivity index (χ1) is 15.1. The zero-order chi connectivity index (χ0) is 23.9. The van der Waals surface area contributed by atoms with Crippen LogP contribution in [-0.2, 0) is 26.2 Å². The van der Waals surface area contributed by atoms with Crippen LogP contribution in [0, 0.1) is 5.82 Å². The van der Waals surface area contributed by atoms with Crippen LogP contribution in [0.4, 0.5) is 10.1 Å². The Labute approximate surface area is 196 Å². The minimum atomic E-state index is -3.78. The maximum absolute atomic E-state index is 13.4. The summed E-state index contributed by atoms with van der Waals surface area (Å²) in [4.78, 5) is 27.4. The fourth-order valence-electron chi connectivity index (χ4n) is 3.22. The van der Waals surface area contributed by atoms with Crippen molar-refractivity contribution in [2.75, 3.05) is 23.7 Å². The predicted octanol–water partition coefficient (Wildman–Crippen LogP) is 3.30. The summed E-state index contributed by atoms with van der Waals surface area (Å²) < 4.78 is 40.0. The van der Waals surface area contributed by atoms with Crippen LogP contribution in [0.3, 0.4) is 0 Å². The Morgan fingerprint density at radius 1 is 1.06 bits per heavy atom. The summed E-state index contributed by atoms with van der Waals surface area (Å²) in [7, 11) is -3.78. The lowest BCUT2D eigenvalue weighted by molar-refractivity contribution is -0.140. The van der Waals surface area contributed by atoms with Gasteiger partial charge in [0.05, 0.1) is 11.9 Å². The molecule has 0 aromatic heterocycles. The Hall–Kier alpha value is -2.46. The molecule has 2 aromatic rings. The normalized spacial score (nSPS) is 12.2. The first-order valence-electron chi connectivity index (χ1n) is 10.1. The third-order valence-corrected chi connectivity index (χ3v) is 6.47. The number of hydrogen-bond donors (Lipinski definition) is 1. The van der Waals surface area contributed by atoms with Gasteiger partial charge in [-0.2, -0.15) is 0 Å². The quantitative estimate of drug-likeness (QED) is 0.513. The molecule has 0 aliphatic carbocycles. The van der Waals surface area contributed by atoms with E-state index in [1.165, 1.54) is 29.2 Å². The Morgan fingerprint density at radius 3 is 2.16 bits per heavy atom. The molecule has 32 heavy (non-hydrogen) atoms. The monoisotopic (exact) mass is 527 g/mol. The summed E-state index contributed by atoms with van der Waals surface area (Å²) in [5.41, 5.74) is 0.953. The number of carbonyl (C=O) groups is 2. The van der Waals surface area contributed by atoms with Crippen LogP contribution < -0.4 is 9.62 Å². The fraction of sp³-hybridized carbons (Fsp3) is 0.364. The van der Waals surface area contributed by atoms with Crippen LogP contribution >= 0.6 is 15.9 Å². The molecule has 0 radical (unpaired) electrons.